The number of likely N-dealkylation sites (N-methyl/N-ethyl adjacent to an activating group) is 1. The Bertz CT molecular complexity index is 439. The van der Waals surface area contributed by atoms with Crippen molar-refractivity contribution in [3.63, 3.8) is 0 Å². The van der Waals surface area contributed by atoms with Crippen LogP contribution in [0, 0.1) is 5.92 Å². The van der Waals surface area contributed by atoms with Crippen LogP contribution < -0.4 is 5.32 Å². The van der Waals surface area contributed by atoms with Crippen molar-refractivity contribution in [2.45, 2.75) is 38.1 Å². The van der Waals surface area contributed by atoms with Gasteiger partial charge in [-0.25, -0.2) is 0 Å². The fourth-order valence-corrected chi connectivity index (χ4v) is 4.13. The molecule has 23 heavy (non-hydrogen) atoms. The molecule has 1 aromatic carbocycles. The molecule has 1 aliphatic heterocycles. The summed E-state index contributed by atoms with van der Waals surface area (Å²) in [7, 11) is 2.23. The number of hydrogen-bond acceptors (Lipinski definition) is 3. The number of benzene rings is 1. The molecule has 1 saturated heterocycles. The maximum absolute atomic E-state index is 3.86. The average molecular weight is 316 g/mol. The fourth-order valence-electron chi connectivity index (χ4n) is 4.13. The first-order valence-corrected chi connectivity index (χ1v) is 9.49. The normalized spacial score (nSPS) is 26.7. The third kappa shape index (κ3) is 5.30. The Morgan fingerprint density at radius 2 is 1.83 bits per heavy atom. The number of rotatable bonds is 7. The van der Waals surface area contributed by atoms with E-state index in [1.807, 2.05) is 0 Å². The summed E-state index contributed by atoms with van der Waals surface area (Å²) < 4.78 is 0. The van der Waals surface area contributed by atoms with Crippen molar-refractivity contribution in [1.29, 1.82) is 0 Å². The van der Waals surface area contributed by atoms with Crippen LogP contribution in [0.3, 0.4) is 0 Å². The predicted molar refractivity (Wildman–Crippen MR) is 97.8 cm³/mol. The summed E-state index contributed by atoms with van der Waals surface area (Å²) in [5.74, 6) is 0.834. The second kappa shape index (κ2) is 8.81. The van der Waals surface area contributed by atoms with E-state index in [0.717, 1.165) is 12.0 Å². The maximum Gasteiger partial charge on any atom is 0.0110 e. The molecule has 0 spiro atoms. The van der Waals surface area contributed by atoms with Crippen molar-refractivity contribution >= 4 is 0 Å². The van der Waals surface area contributed by atoms with E-state index in [0.29, 0.717) is 0 Å². The summed E-state index contributed by atoms with van der Waals surface area (Å²) in [6, 6.07) is 11.8. The van der Waals surface area contributed by atoms with E-state index in [1.165, 1.54) is 76.9 Å². The van der Waals surface area contributed by atoms with E-state index in [9.17, 15) is 0 Å². The largest absolute Gasteiger partial charge is 0.314 e. The summed E-state index contributed by atoms with van der Waals surface area (Å²) in [5, 5.41) is 3.86. The van der Waals surface area contributed by atoms with Gasteiger partial charge in [0, 0.05) is 32.2 Å². The summed E-state index contributed by atoms with van der Waals surface area (Å²) in [6.07, 6.45) is 6.69. The summed E-state index contributed by atoms with van der Waals surface area (Å²) in [4.78, 5) is 5.05. The van der Waals surface area contributed by atoms with Gasteiger partial charge in [0.05, 0.1) is 0 Å². The monoisotopic (exact) mass is 315 g/mol. The highest BCUT2D eigenvalue weighted by atomic mass is 15.2. The SMILES string of the molecule is CN1CCN(CCCNC2CCCC2Cc2ccccc2)CC1. The Morgan fingerprint density at radius 1 is 1.04 bits per heavy atom. The van der Waals surface area contributed by atoms with Crippen LogP contribution in [0.2, 0.25) is 0 Å². The minimum Gasteiger partial charge on any atom is -0.314 e. The van der Waals surface area contributed by atoms with Crippen molar-refractivity contribution in [3.05, 3.63) is 35.9 Å². The van der Waals surface area contributed by atoms with Crippen molar-refractivity contribution in [1.82, 2.24) is 15.1 Å². The van der Waals surface area contributed by atoms with Crippen molar-refractivity contribution in [2.75, 3.05) is 46.3 Å². The molecule has 1 N–H and O–H groups in total. The third-order valence-corrected chi connectivity index (χ3v) is 5.65. The van der Waals surface area contributed by atoms with Crippen molar-refractivity contribution in [2.24, 2.45) is 5.92 Å². The van der Waals surface area contributed by atoms with Crippen LogP contribution >= 0.6 is 0 Å². The lowest BCUT2D eigenvalue weighted by molar-refractivity contribution is 0.152. The van der Waals surface area contributed by atoms with Gasteiger partial charge in [-0.1, -0.05) is 36.8 Å². The average Bonchev–Trinajstić information content (AvgIpc) is 3.01. The summed E-state index contributed by atoms with van der Waals surface area (Å²) >= 11 is 0. The van der Waals surface area contributed by atoms with Crippen LogP contribution in [0.4, 0.5) is 0 Å². The van der Waals surface area contributed by atoms with Crippen LogP contribution in [0.5, 0.6) is 0 Å². The van der Waals surface area contributed by atoms with Crippen LogP contribution in [0.1, 0.15) is 31.2 Å². The number of hydrogen-bond donors (Lipinski definition) is 1. The van der Waals surface area contributed by atoms with Gasteiger partial charge in [-0.2, -0.15) is 0 Å². The molecule has 0 radical (unpaired) electrons. The van der Waals surface area contributed by atoms with E-state index in [1.54, 1.807) is 0 Å². The molecule has 3 rings (SSSR count). The highest BCUT2D eigenvalue weighted by Gasteiger charge is 2.26. The molecule has 128 valence electrons. The predicted octanol–water partition coefficient (Wildman–Crippen LogP) is 2.62. The Balaban J connectivity index is 1.34. The smallest absolute Gasteiger partial charge is 0.0110 e. The van der Waals surface area contributed by atoms with Gasteiger partial charge < -0.3 is 15.1 Å². The second-order valence-electron chi connectivity index (χ2n) is 7.44. The molecule has 2 unspecified atom stereocenters. The molecule has 2 atom stereocenters. The van der Waals surface area contributed by atoms with Gasteiger partial charge in [0.1, 0.15) is 0 Å². The zero-order chi connectivity index (χ0) is 15.9. The van der Waals surface area contributed by atoms with E-state index >= 15 is 0 Å². The van der Waals surface area contributed by atoms with E-state index in [4.69, 9.17) is 0 Å². The lowest BCUT2D eigenvalue weighted by atomic mass is 9.94. The van der Waals surface area contributed by atoms with Gasteiger partial charge in [-0.3, -0.25) is 0 Å². The minimum absolute atomic E-state index is 0.739. The standard InChI is InChI=1S/C20H33N3/c1-22-13-15-23(16-14-22)12-6-11-21-20-10-5-9-19(20)17-18-7-3-2-4-8-18/h2-4,7-8,19-21H,5-6,9-17H2,1H3. The van der Waals surface area contributed by atoms with Gasteiger partial charge in [0.25, 0.3) is 0 Å². The molecular weight excluding hydrogens is 282 g/mol. The molecule has 1 saturated carbocycles. The van der Waals surface area contributed by atoms with Crippen molar-refractivity contribution in [3.8, 4) is 0 Å². The van der Waals surface area contributed by atoms with E-state index in [2.05, 4.69) is 52.5 Å². The number of nitrogens with one attached hydrogen (secondary N) is 1. The molecule has 2 aliphatic rings. The Labute approximate surface area is 142 Å². The third-order valence-electron chi connectivity index (χ3n) is 5.65. The zero-order valence-corrected chi connectivity index (χ0v) is 14.7. The van der Waals surface area contributed by atoms with Crippen molar-refractivity contribution < 1.29 is 0 Å². The lowest BCUT2D eigenvalue weighted by Crippen LogP contribution is -2.45. The molecule has 0 amide bonds. The highest BCUT2D eigenvalue weighted by Crippen LogP contribution is 2.28. The fraction of sp³-hybridized carbons (Fsp3) is 0.700. The molecule has 3 nitrogen and oxygen atoms in total. The molecular formula is C20H33N3. The minimum atomic E-state index is 0.739. The van der Waals surface area contributed by atoms with Gasteiger partial charge >= 0.3 is 0 Å². The summed E-state index contributed by atoms with van der Waals surface area (Å²) in [5.41, 5.74) is 1.50. The Hall–Kier alpha value is -0.900. The molecule has 3 heteroatoms. The summed E-state index contributed by atoms with van der Waals surface area (Å²) in [6.45, 7) is 7.40. The van der Waals surface area contributed by atoms with Gasteiger partial charge in [0.15, 0.2) is 0 Å². The first kappa shape index (κ1) is 16.9. The highest BCUT2D eigenvalue weighted by molar-refractivity contribution is 5.16. The molecule has 1 aliphatic carbocycles. The molecule has 2 fully saturated rings. The van der Waals surface area contributed by atoms with Gasteiger partial charge in [-0.05, 0) is 57.3 Å². The van der Waals surface area contributed by atoms with Crippen LogP contribution in [-0.2, 0) is 6.42 Å². The Kier molecular flexibility index (Phi) is 6.49. The second-order valence-corrected chi connectivity index (χ2v) is 7.44. The molecule has 0 bridgehead atoms. The lowest BCUT2D eigenvalue weighted by Gasteiger charge is -2.32. The van der Waals surface area contributed by atoms with Crippen LogP contribution in [0.15, 0.2) is 30.3 Å². The first-order chi connectivity index (χ1) is 11.3. The van der Waals surface area contributed by atoms with Gasteiger partial charge in [0.2, 0.25) is 0 Å². The zero-order valence-electron chi connectivity index (χ0n) is 14.7. The maximum atomic E-state index is 3.86. The molecule has 1 heterocycles. The van der Waals surface area contributed by atoms with Crippen LogP contribution in [-0.4, -0.2) is 62.2 Å². The topological polar surface area (TPSA) is 18.5 Å². The van der Waals surface area contributed by atoms with E-state index < -0.39 is 0 Å². The number of nitrogens with zero attached hydrogens (tertiary/aromatic N) is 2. The molecule has 0 aromatic heterocycles. The molecule has 1 aromatic rings. The number of piperazine rings is 1. The van der Waals surface area contributed by atoms with Gasteiger partial charge in [-0.15, -0.1) is 0 Å². The quantitative estimate of drug-likeness (QED) is 0.780. The Morgan fingerprint density at radius 3 is 2.61 bits per heavy atom. The van der Waals surface area contributed by atoms with E-state index in [-0.39, 0.29) is 0 Å². The first-order valence-electron chi connectivity index (χ1n) is 9.49. The van der Waals surface area contributed by atoms with Crippen LogP contribution in [0.25, 0.3) is 0 Å².